The van der Waals surface area contributed by atoms with Crippen molar-refractivity contribution in [2.24, 2.45) is 5.41 Å². The van der Waals surface area contributed by atoms with Gasteiger partial charge in [0.05, 0.1) is 24.2 Å². The number of nitrogens with zero attached hydrogens (tertiary/aromatic N) is 1. The van der Waals surface area contributed by atoms with Crippen molar-refractivity contribution in [2.75, 3.05) is 46.4 Å². The lowest BCUT2D eigenvalue weighted by Gasteiger charge is -2.45. The van der Waals surface area contributed by atoms with Crippen LogP contribution in [0, 0.1) is 5.41 Å². The predicted octanol–water partition coefficient (Wildman–Crippen LogP) is 1.01. The summed E-state index contributed by atoms with van der Waals surface area (Å²) in [6.45, 7) is 13.3. The summed E-state index contributed by atoms with van der Waals surface area (Å²) in [5.74, 6) is 0.133. The molecule has 2 heterocycles. The zero-order chi connectivity index (χ0) is 17.8. The van der Waals surface area contributed by atoms with E-state index in [4.69, 9.17) is 9.47 Å². The van der Waals surface area contributed by atoms with E-state index in [0.29, 0.717) is 13.2 Å². The van der Waals surface area contributed by atoms with Crippen molar-refractivity contribution in [3.63, 3.8) is 0 Å². The summed E-state index contributed by atoms with van der Waals surface area (Å²) >= 11 is 0. The van der Waals surface area contributed by atoms with Gasteiger partial charge in [0.15, 0.2) is 0 Å². The van der Waals surface area contributed by atoms with Crippen LogP contribution in [0.25, 0.3) is 0 Å². The third-order valence-corrected chi connectivity index (χ3v) is 5.42. The Morgan fingerprint density at radius 3 is 2.42 bits per heavy atom. The van der Waals surface area contributed by atoms with Gasteiger partial charge < -0.3 is 20.1 Å². The first-order valence-corrected chi connectivity index (χ1v) is 9.17. The highest BCUT2D eigenvalue weighted by molar-refractivity contribution is 5.83. The number of hydrogen-bond donors (Lipinski definition) is 2. The first-order chi connectivity index (χ1) is 11.3. The summed E-state index contributed by atoms with van der Waals surface area (Å²) in [5, 5.41) is 6.54. The summed E-state index contributed by atoms with van der Waals surface area (Å²) < 4.78 is 11.2. The number of carbonyl (C=O) groups excluding carboxylic acids is 1. The molecule has 2 aliphatic rings. The zero-order valence-corrected chi connectivity index (χ0v) is 16.0. The predicted molar refractivity (Wildman–Crippen MR) is 95.1 cm³/mol. The molecule has 6 nitrogen and oxygen atoms in total. The molecule has 0 aliphatic carbocycles. The van der Waals surface area contributed by atoms with Gasteiger partial charge in [-0.25, -0.2) is 0 Å². The van der Waals surface area contributed by atoms with E-state index in [1.807, 2.05) is 0 Å². The molecule has 0 aromatic carbocycles. The van der Waals surface area contributed by atoms with Gasteiger partial charge in [-0.2, -0.15) is 0 Å². The average Bonchev–Trinajstić information content (AvgIpc) is 2.53. The maximum atomic E-state index is 12.9. The Balaban J connectivity index is 1.95. The second-order valence-electron chi connectivity index (χ2n) is 8.12. The number of morpholine rings is 1. The van der Waals surface area contributed by atoms with Crippen LogP contribution >= 0.6 is 0 Å². The highest BCUT2D eigenvalue weighted by atomic mass is 16.5. The highest BCUT2D eigenvalue weighted by Crippen LogP contribution is 2.30. The molecule has 140 valence electrons. The van der Waals surface area contributed by atoms with Crippen LogP contribution in [0.4, 0.5) is 0 Å². The molecule has 1 amide bonds. The summed E-state index contributed by atoms with van der Waals surface area (Å²) in [6, 6.07) is 0. The highest BCUT2D eigenvalue weighted by Gasteiger charge is 2.41. The zero-order valence-electron chi connectivity index (χ0n) is 16.0. The fourth-order valence-electron chi connectivity index (χ4n) is 3.89. The van der Waals surface area contributed by atoms with Crippen molar-refractivity contribution < 1.29 is 14.3 Å². The quantitative estimate of drug-likeness (QED) is 0.755. The van der Waals surface area contributed by atoms with E-state index in [0.717, 1.165) is 39.0 Å². The Morgan fingerprint density at radius 1 is 1.29 bits per heavy atom. The van der Waals surface area contributed by atoms with Crippen LogP contribution < -0.4 is 10.6 Å². The molecule has 2 fully saturated rings. The standard InChI is InChI=1S/C18H35N3O3/c1-14-10-21(11-15(2)24-14)17(3,4)12-20-16(22)18(13-23-5)6-8-19-9-7-18/h14-15,19H,6-13H2,1-5H3,(H,20,22). The fraction of sp³-hybridized carbons (Fsp3) is 0.944. The number of amides is 1. The lowest BCUT2D eigenvalue weighted by Crippen LogP contribution is -2.60. The molecule has 6 heteroatoms. The van der Waals surface area contributed by atoms with E-state index in [9.17, 15) is 4.79 Å². The minimum atomic E-state index is -0.387. The van der Waals surface area contributed by atoms with Gasteiger partial charge in [-0.1, -0.05) is 0 Å². The molecule has 0 bridgehead atoms. The molecule has 2 rings (SSSR count). The molecule has 0 spiro atoms. The Hall–Kier alpha value is -0.690. The van der Waals surface area contributed by atoms with Gasteiger partial charge >= 0.3 is 0 Å². The van der Waals surface area contributed by atoms with Crippen molar-refractivity contribution in [1.29, 1.82) is 0 Å². The van der Waals surface area contributed by atoms with Gasteiger partial charge in [0, 0.05) is 32.3 Å². The summed E-state index contributed by atoms with van der Waals surface area (Å²) in [5.41, 5.74) is -0.481. The molecule has 2 saturated heterocycles. The van der Waals surface area contributed by atoms with Gasteiger partial charge in [-0.05, 0) is 53.6 Å². The van der Waals surface area contributed by atoms with Crippen molar-refractivity contribution in [3.8, 4) is 0 Å². The smallest absolute Gasteiger partial charge is 0.228 e. The number of nitrogens with one attached hydrogen (secondary N) is 2. The molecule has 0 saturated carbocycles. The summed E-state index contributed by atoms with van der Waals surface area (Å²) in [4.78, 5) is 15.3. The Kier molecular flexibility index (Phi) is 6.65. The maximum Gasteiger partial charge on any atom is 0.228 e. The van der Waals surface area contributed by atoms with Crippen LogP contribution in [0.1, 0.15) is 40.5 Å². The number of piperidine rings is 1. The van der Waals surface area contributed by atoms with Crippen molar-refractivity contribution in [1.82, 2.24) is 15.5 Å². The van der Waals surface area contributed by atoms with Crippen molar-refractivity contribution in [2.45, 2.75) is 58.3 Å². The number of rotatable bonds is 6. The van der Waals surface area contributed by atoms with Crippen LogP contribution in [0.3, 0.4) is 0 Å². The Labute approximate surface area is 146 Å². The van der Waals surface area contributed by atoms with Crippen molar-refractivity contribution >= 4 is 5.91 Å². The third-order valence-electron chi connectivity index (χ3n) is 5.42. The topological polar surface area (TPSA) is 62.8 Å². The molecule has 24 heavy (non-hydrogen) atoms. The minimum Gasteiger partial charge on any atom is -0.384 e. The summed E-state index contributed by atoms with van der Waals surface area (Å²) in [6.07, 6.45) is 2.12. The molecule has 2 unspecified atom stereocenters. The van der Waals surface area contributed by atoms with Crippen LogP contribution in [-0.2, 0) is 14.3 Å². The van der Waals surface area contributed by atoms with Gasteiger partial charge in [0.2, 0.25) is 5.91 Å². The fourth-order valence-corrected chi connectivity index (χ4v) is 3.89. The molecule has 2 atom stereocenters. The van der Waals surface area contributed by atoms with E-state index in [2.05, 4.69) is 43.2 Å². The van der Waals surface area contributed by atoms with Crippen LogP contribution in [0.2, 0.25) is 0 Å². The van der Waals surface area contributed by atoms with E-state index >= 15 is 0 Å². The Morgan fingerprint density at radius 2 is 1.88 bits per heavy atom. The third kappa shape index (κ3) is 4.69. The lowest BCUT2D eigenvalue weighted by molar-refractivity contribution is -0.137. The van der Waals surface area contributed by atoms with Crippen LogP contribution in [0.5, 0.6) is 0 Å². The largest absolute Gasteiger partial charge is 0.384 e. The molecule has 0 radical (unpaired) electrons. The number of hydrogen-bond acceptors (Lipinski definition) is 5. The van der Waals surface area contributed by atoms with Crippen LogP contribution in [-0.4, -0.2) is 75.0 Å². The number of carbonyl (C=O) groups is 1. The van der Waals surface area contributed by atoms with Gasteiger partial charge in [-0.3, -0.25) is 9.69 Å². The van der Waals surface area contributed by atoms with E-state index in [1.54, 1.807) is 7.11 Å². The first kappa shape index (κ1) is 19.6. The molecule has 2 N–H and O–H groups in total. The molecular weight excluding hydrogens is 306 g/mol. The second kappa shape index (κ2) is 8.13. The summed E-state index contributed by atoms with van der Waals surface area (Å²) in [7, 11) is 1.68. The molecular formula is C18H35N3O3. The van der Waals surface area contributed by atoms with Crippen LogP contribution in [0.15, 0.2) is 0 Å². The molecule has 0 aromatic rings. The second-order valence-corrected chi connectivity index (χ2v) is 8.12. The van der Waals surface area contributed by atoms with Gasteiger partial charge in [0.25, 0.3) is 0 Å². The SMILES string of the molecule is COCC1(C(=O)NCC(C)(C)N2CC(C)OC(C)C2)CCNCC1. The van der Waals surface area contributed by atoms with E-state index in [-0.39, 0.29) is 29.1 Å². The number of ether oxygens (including phenoxy) is 2. The minimum absolute atomic E-state index is 0.0941. The lowest BCUT2D eigenvalue weighted by atomic mass is 9.78. The molecule has 0 aromatic heterocycles. The average molecular weight is 341 g/mol. The molecule has 2 aliphatic heterocycles. The van der Waals surface area contributed by atoms with Crippen molar-refractivity contribution in [3.05, 3.63) is 0 Å². The van der Waals surface area contributed by atoms with E-state index < -0.39 is 0 Å². The number of methoxy groups -OCH3 is 1. The van der Waals surface area contributed by atoms with E-state index in [1.165, 1.54) is 0 Å². The normalized spacial score (nSPS) is 28.5. The Bertz CT molecular complexity index is 406. The van der Waals surface area contributed by atoms with Gasteiger partial charge in [0.1, 0.15) is 0 Å². The van der Waals surface area contributed by atoms with Gasteiger partial charge in [-0.15, -0.1) is 0 Å². The monoisotopic (exact) mass is 341 g/mol. The maximum absolute atomic E-state index is 12.9. The first-order valence-electron chi connectivity index (χ1n) is 9.17.